The number of thiophene rings is 1. The van der Waals surface area contributed by atoms with E-state index in [0.717, 1.165) is 23.4 Å². The fourth-order valence-electron chi connectivity index (χ4n) is 1.45. The third-order valence-corrected chi connectivity index (χ3v) is 4.13. The van der Waals surface area contributed by atoms with Crippen molar-refractivity contribution < 1.29 is 0 Å². The number of nitrogens with one attached hydrogen (secondary N) is 1. The van der Waals surface area contributed by atoms with Gasteiger partial charge in [0.2, 0.25) is 0 Å². The topological polar surface area (TPSA) is 53.1 Å². The highest BCUT2D eigenvalue weighted by Crippen LogP contribution is 2.23. The fraction of sp³-hybridized carbons (Fsp3) is 0.545. The van der Waals surface area contributed by atoms with Crippen LogP contribution in [0.25, 0.3) is 0 Å². The normalized spacial score (nSPS) is 13.0. The van der Waals surface area contributed by atoms with Crippen LogP contribution in [0.5, 0.6) is 0 Å². The Labute approximate surface area is 109 Å². The second-order valence-electron chi connectivity index (χ2n) is 3.89. The van der Waals surface area contributed by atoms with E-state index in [0.29, 0.717) is 0 Å². The molecule has 1 aromatic heterocycles. The van der Waals surface area contributed by atoms with E-state index in [-0.39, 0.29) is 11.8 Å². The van der Waals surface area contributed by atoms with E-state index in [1.807, 2.05) is 6.92 Å². The van der Waals surface area contributed by atoms with Crippen molar-refractivity contribution in [1.82, 2.24) is 4.90 Å². The van der Waals surface area contributed by atoms with Gasteiger partial charge in [-0.05, 0) is 34.6 Å². The molecule has 0 fully saturated rings. The van der Waals surface area contributed by atoms with Crippen LogP contribution >= 0.6 is 27.3 Å². The van der Waals surface area contributed by atoms with Gasteiger partial charge in [-0.25, -0.2) is 0 Å². The van der Waals surface area contributed by atoms with Crippen molar-refractivity contribution in [3.63, 3.8) is 0 Å². The summed E-state index contributed by atoms with van der Waals surface area (Å²) in [7, 11) is 0. The van der Waals surface area contributed by atoms with Crippen LogP contribution < -0.4 is 5.73 Å². The van der Waals surface area contributed by atoms with Crippen LogP contribution in [0.15, 0.2) is 15.9 Å². The predicted molar refractivity (Wildman–Crippen MR) is 74.0 cm³/mol. The van der Waals surface area contributed by atoms with Gasteiger partial charge < -0.3 is 5.73 Å². The molecule has 0 aromatic carbocycles. The lowest BCUT2D eigenvalue weighted by atomic mass is 10.1. The standard InChI is InChI=1S/C11H18BrN3S/c1-3-15(6-8(2)11(13)14)7-9-4-5-10(12)16-9/h4-5,8H,3,6-7H2,1-2H3,(H3,13,14). The van der Waals surface area contributed by atoms with Gasteiger partial charge in [0.15, 0.2) is 0 Å². The first kappa shape index (κ1) is 13.7. The van der Waals surface area contributed by atoms with Gasteiger partial charge in [-0.15, -0.1) is 11.3 Å². The summed E-state index contributed by atoms with van der Waals surface area (Å²) >= 11 is 5.22. The maximum atomic E-state index is 7.40. The Morgan fingerprint density at radius 2 is 2.31 bits per heavy atom. The van der Waals surface area contributed by atoms with Crippen LogP contribution in [0, 0.1) is 11.3 Å². The second kappa shape index (κ2) is 6.37. The predicted octanol–water partition coefficient (Wildman–Crippen LogP) is 2.90. The summed E-state index contributed by atoms with van der Waals surface area (Å²) in [4.78, 5) is 3.65. The molecule has 0 amide bonds. The fourth-order valence-corrected chi connectivity index (χ4v) is 2.97. The van der Waals surface area contributed by atoms with E-state index in [9.17, 15) is 0 Å². The molecule has 0 aliphatic carbocycles. The summed E-state index contributed by atoms with van der Waals surface area (Å²) in [6.45, 7) is 6.89. The lowest BCUT2D eigenvalue weighted by Crippen LogP contribution is -2.33. The number of rotatable bonds is 6. The molecule has 1 unspecified atom stereocenters. The molecule has 0 bridgehead atoms. The molecule has 1 heterocycles. The SMILES string of the molecule is CCN(Cc1ccc(Br)s1)CC(C)C(=N)N. The van der Waals surface area contributed by atoms with Crippen LogP contribution in [0.4, 0.5) is 0 Å². The number of halogens is 1. The van der Waals surface area contributed by atoms with Gasteiger partial charge in [0.25, 0.3) is 0 Å². The minimum Gasteiger partial charge on any atom is -0.387 e. The van der Waals surface area contributed by atoms with Crippen LogP contribution in [0.2, 0.25) is 0 Å². The molecule has 16 heavy (non-hydrogen) atoms. The molecule has 1 aromatic rings. The minimum absolute atomic E-state index is 0.128. The Morgan fingerprint density at radius 3 is 2.75 bits per heavy atom. The van der Waals surface area contributed by atoms with Crippen molar-refractivity contribution in [3.05, 3.63) is 20.8 Å². The zero-order chi connectivity index (χ0) is 12.1. The molecule has 0 saturated carbocycles. The lowest BCUT2D eigenvalue weighted by Gasteiger charge is -2.22. The summed E-state index contributed by atoms with van der Waals surface area (Å²) in [5.74, 6) is 0.397. The van der Waals surface area contributed by atoms with Crippen LogP contribution in [0.1, 0.15) is 18.7 Å². The van der Waals surface area contributed by atoms with Crippen molar-refractivity contribution in [3.8, 4) is 0 Å². The molecular weight excluding hydrogens is 286 g/mol. The Balaban J connectivity index is 2.52. The Hall–Kier alpha value is -0.390. The lowest BCUT2D eigenvalue weighted by molar-refractivity contribution is 0.265. The Bertz CT molecular complexity index is 351. The highest BCUT2D eigenvalue weighted by molar-refractivity contribution is 9.11. The van der Waals surface area contributed by atoms with E-state index in [2.05, 4.69) is 39.9 Å². The molecule has 0 aliphatic rings. The first-order chi connectivity index (χ1) is 7.52. The van der Waals surface area contributed by atoms with E-state index in [1.165, 1.54) is 4.88 Å². The van der Waals surface area contributed by atoms with Crippen molar-refractivity contribution >= 4 is 33.1 Å². The number of nitrogens with zero attached hydrogens (tertiary/aromatic N) is 1. The van der Waals surface area contributed by atoms with Crippen molar-refractivity contribution in [1.29, 1.82) is 5.41 Å². The van der Waals surface area contributed by atoms with Gasteiger partial charge in [-0.3, -0.25) is 10.3 Å². The number of hydrogen-bond donors (Lipinski definition) is 2. The zero-order valence-corrected chi connectivity index (χ0v) is 12.1. The molecule has 3 N–H and O–H groups in total. The molecule has 0 aliphatic heterocycles. The number of hydrogen-bond acceptors (Lipinski definition) is 3. The smallest absolute Gasteiger partial charge is 0.0947 e. The summed E-state index contributed by atoms with van der Waals surface area (Å²) < 4.78 is 1.16. The van der Waals surface area contributed by atoms with Crippen LogP contribution in [0.3, 0.4) is 0 Å². The van der Waals surface area contributed by atoms with Gasteiger partial charge in [-0.2, -0.15) is 0 Å². The molecule has 5 heteroatoms. The maximum absolute atomic E-state index is 7.40. The average molecular weight is 304 g/mol. The Morgan fingerprint density at radius 1 is 1.62 bits per heavy atom. The molecule has 0 spiro atoms. The minimum atomic E-state index is 0.128. The molecule has 1 atom stereocenters. The molecule has 1 rings (SSSR count). The van der Waals surface area contributed by atoms with E-state index >= 15 is 0 Å². The quantitative estimate of drug-likeness (QED) is 0.627. The summed E-state index contributed by atoms with van der Waals surface area (Å²) in [6.07, 6.45) is 0. The third-order valence-electron chi connectivity index (χ3n) is 2.52. The molecule has 90 valence electrons. The largest absolute Gasteiger partial charge is 0.387 e. The molecule has 0 saturated heterocycles. The third kappa shape index (κ3) is 4.23. The van der Waals surface area contributed by atoms with Gasteiger partial charge in [-0.1, -0.05) is 13.8 Å². The summed E-state index contributed by atoms with van der Waals surface area (Å²) in [6, 6.07) is 4.21. The molecular formula is C11H18BrN3S. The summed E-state index contributed by atoms with van der Waals surface area (Å²) in [5.41, 5.74) is 5.49. The second-order valence-corrected chi connectivity index (χ2v) is 6.44. The Kier molecular flexibility index (Phi) is 5.44. The van der Waals surface area contributed by atoms with E-state index in [1.54, 1.807) is 11.3 Å². The van der Waals surface area contributed by atoms with Gasteiger partial charge >= 0.3 is 0 Å². The molecule has 3 nitrogen and oxygen atoms in total. The van der Waals surface area contributed by atoms with Crippen LogP contribution in [-0.4, -0.2) is 23.8 Å². The van der Waals surface area contributed by atoms with Crippen LogP contribution in [-0.2, 0) is 6.54 Å². The van der Waals surface area contributed by atoms with Crippen molar-refractivity contribution in [2.24, 2.45) is 11.7 Å². The molecule has 0 radical (unpaired) electrons. The number of nitrogens with two attached hydrogens (primary N) is 1. The van der Waals surface area contributed by atoms with Gasteiger partial charge in [0, 0.05) is 23.9 Å². The zero-order valence-electron chi connectivity index (χ0n) is 9.66. The first-order valence-electron chi connectivity index (χ1n) is 5.33. The highest BCUT2D eigenvalue weighted by atomic mass is 79.9. The van der Waals surface area contributed by atoms with Gasteiger partial charge in [0.1, 0.15) is 0 Å². The maximum Gasteiger partial charge on any atom is 0.0947 e. The first-order valence-corrected chi connectivity index (χ1v) is 6.94. The van der Waals surface area contributed by atoms with Crippen molar-refractivity contribution in [2.75, 3.05) is 13.1 Å². The van der Waals surface area contributed by atoms with E-state index < -0.39 is 0 Å². The average Bonchev–Trinajstić information content (AvgIpc) is 2.62. The van der Waals surface area contributed by atoms with Gasteiger partial charge in [0.05, 0.1) is 9.62 Å². The highest BCUT2D eigenvalue weighted by Gasteiger charge is 2.12. The van der Waals surface area contributed by atoms with Crippen molar-refractivity contribution in [2.45, 2.75) is 20.4 Å². The summed E-state index contributed by atoms with van der Waals surface area (Å²) in [5, 5.41) is 7.40. The van der Waals surface area contributed by atoms with E-state index in [4.69, 9.17) is 11.1 Å². The number of amidine groups is 1. The monoisotopic (exact) mass is 303 g/mol.